The number of alkyl carbamates (subject to hydrolysis) is 1. The second-order valence-electron chi connectivity index (χ2n) is 7.16. The number of rotatable bonds is 10. The normalized spacial score (nSPS) is 12.8. The molecule has 0 unspecified atom stereocenters. The first-order valence-corrected chi connectivity index (χ1v) is 9.28. The first-order chi connectivity index (χ1) is 12.6. The predicted octanol–water partition coefficient (Wildman–Crippen LogP) is 4.71. The molecule has 0 aromatic heterocycles. The maximum Gasteiger partial charge on any atom is 0.407 e. The van der Waals surface area contributed by atoms with Crippen molar-refractivity contribution in [3.05, 3.63) is 36.0 Å². The standard InChI is InChI=1S/C21H36N4O2/c1-9-18(14-10-11-16-24-20(26)27-21(3,4)5)17(2)13-12-15-19(22-6)25(8)23-7/h9,12,15H,2,7,10-11,13-14,16H2,1,3-6,8H3,(H,24,26)/b15-12-,18-9+,22-19-. The first kappa shape index (κ1) is 24.6. The van der Waals surface area contributed by atoms with E-state index in [9.17, 15) is 4.79 Å². The van der Waals surface area contributed by atoms with E-state index in [0.717, 1.165) is 37.1 Å². The molecule has 0 atom stereocenters. The number of unbranched alkanes of at least 4 members (excludes halogenated alkanes) is 1. The fraction of sp³-hybridized carbons (Fsp3) is 0.571. The Bertz CT molecular complexity index is 583. The lowest BCUT2D eigenvalue weighted by atomic mass is 9.98. The maximum absolute atomic E-state index is 11.6. The molecule has 6 nitrogen and oxygen atoms in total. The minimum atomic E-state index is -0.466. The molecule has 0 rings (SSSR count). The Morgan fingerprint density at radius 1 is 1.30 bits per heavy atom. The van der Waals surface area contributed by atoms with Gasteiger partial charge in [-0.05, 0) is 70.6 Å². The number of likely N-dealkylation sites (N-methyl/N-ethyl adjacent to an activating group) is 1. The van der Waals surface area contributed by atoms with Crippen LogP contribution in [0.5, 0.6) is 0 Å². The molecule has 0 aliphatic carbocycles. The van der Waals surface area contributed by atoms with Crippen LogP contribution in [0.1, 0.15) is 53.4 Å². The number of hydrogen-bond donors (Lipinski definition) is 1. The Morgan fingerprint density at radius 3 is 2.48 bits per heavy atom. The van der Waals surface area contributed by atoms with Gasteiger partial charge in [-0.2, -0.15) is 5.10 Å². The zero-order valence-corrected chi connectivity index (χ0v) is 17.8. The number of amides is 1. The second-order valence-corrected chi connectivity index (χ2v) is 7.16. The zero-order chi connectivity index (χ0) is 20.9. The lowest BCUT2D eigenvalue weighted by Gasteiger charge is -2.19. The molecular weight excluding hydrogens is 340 g/mol. The number of allylic oxidation sites excluding steroid dienone is 4. The van der Waals surface area contributed by atoms with Gasteiger partial charge in [0.15, 0.2) is 0 Å². The molecule has 0 aromatic carbocycles. The number of nitrogens with zero attached hydrogens (tertiary/aromatic N) is 3. The summed E-state index contributed by atoms with van der Waals surface area (Å²) in [4.78, 5) is 15.8. The molecule has 0 radical (unpaired) electrons. The highest BCUT2D eigenvalue weighted by Gasteiger charge is 2.15. The number of nitrogens with one attached hydrogen (secondary N) is 1. The van der Waals surface area contributed by atoms with E-state index < -0.39 is 5.60 Å². The number of hydrogen-bond acceptors (Lipinski definition) is 4. The molecule has 0 saturated carbocycles. The third kappa shape index (κ3) is 11.8. The minimum absolute atomic E-state index is 0.365. The SMILES string of the molecule is C=NN(C)C(/C=C\CC(=C)/C(=C/C)CCCCNC(=O)OC(C)(C)C)=N\C. The lowest BCUT2D eigenvalue weighted by molar-refractivity contribution is 0.0527. The number of aliphatic imine (C=N–C) groups is 1. The van der Waals surface area contributed by atoms with Gasteiger partial charge in [-0.25, -0.2) is 4.79 Å². The molecule has 1 N–H and O–H groups in total. The van der Waals surface area contributed by atoms with Crippen LogP contribution in [0.4, 0.5) is 4.79 Å². The molecule has 1 amide bonds. The summed E-state index contributed by atoms with van der Waals surface area (Å²) in [7, 11) is 3.52. The molecule has 0 fully saturated rings. The summed E-state index contributed by atoms with van der Waals surface area (Å²) in [5, 5.41) is 8.23. The lowest BCUT2D eigenvalue weighted by Crippen LogP contribution is -2.32. The van der Waals surface area contributed by atoms with Crippen molar-refractivity contribution in [1.82, 2.24) is 10.3 Å². The van der Waals surface area contributed by atoms with E-state index in [-0.39, 0.29) is 6.09 Å². The van der Waals surface area contributed by atoms with Crippen molar-refractivity contribution >= 4 is 18.6 Å². The van der Waals surface area contributed by atoms with E-state index in [1.54, 1.807) is 19.1 Å². The van der Waals surface area contributed by atoms with Crippen LogP contribution in [0.15, 0.2) is 46.0 Å². The molecule has 152 valence electrons. The van der Waals surface area contributed by atoms with E-state index in [0.29, 0.717) is 6.54 Å². The summed E-state index contributed by atoms with van der Waals surface area (Å²) < 4.78 is 5.22. The van der Waals surface area contributed by atoms with Gasteiger partial charge in [-0.1, -0.05) is 18.7 Å². The van der Waals surface area contributed by atoms with Crippen molar-refractivity contribution in [2.75, 3.05) is 20.6 Å². The number of ether oxygens (including phenoxy) is 1. The van der Waals surface area contributed by atoms with Crippen LogP contribution in [0.25, 0.3) is 0 Å². The summed E-state index contributed by atoms with van der Waals surface area (Å²) in [6, 6.07) is 0. The van der Waals surface area contributed by atoms with Crippen LogP contribution in [0.3, 0.4) is 0 Å². The van der Waals surface area contributed by atoms with Crippen LogP contribution in [0.2, 0.25) is 0 Å². The highest BCUT2D eigenvalue weighted by Crippen LogP contribution is 2.19. The van der Waals surface area contributed by atoms with E-state index in [2.05, 4.69) is 34.8 Å². The molecule has 0 saturated heterocycles. The van der Waals surface area contributed by atoms with Crippen LogP contribution in [0, 0.1) is 0 Å². The summed E-state index contributed by atoms with van der Waals surface area (Å²) >= 11 is 0. The molecule has 0 heterocycles. The highest BCUT2D eigenvalue weighted by molar-refractivity contribution is 5.92. The zero-order valence-electron chi connectivity index (χ0n) is 17.8. The van der Waals surface area contributed by atoms with Gasteiger partial charge in [-0.3, -0.25) is 10.0 Å². The summed E-state index contributed by atoms with van der Waals surface area (Å²) in [5.41, 5.74) is 1.85. The van der Waals surface area contributed by atoms with E-state index in [4.69, 9.17) is 4.74 Å². The van der Waals surface area contributed by atoms with Crippen molar-refractivity contribution in [3.8, 4) is 0 Å². The summed E-state index contributed by atoms with van der Waals surface area (Å²) in [5.74, 6) is 0.744. The van der Waals surface area contributed by atoms with Crippen molar-refractivity contribution in [2.24, 2.45) is 10.1 Å². The number of hydrazone groups is 1. The van der Waals surface area contributed by atoms with E-state index >= 15 is 0 Å². The largest absolute Gasteiger partial charge is 0.444 e. The smallest absolute Gasteiger partial charge is 0.407 e. The first-order valence-electron chi connectivity index (χ1n) is 9.28. The fourth-order valence-electron chi connectivity index (χ4n) is 2.31. The molecule has 0 aliphatic heterocycles. The van der Waals surface area contributed by atoms with Gasteiger partial charge in [0, 0.05) is 27.4 Å². The Kier molecular flexibility index (Phi) is 11.8. The van der Waals surface area contributed by atoms with E-state index in [1.807, 2.05) is 39.8 Å². The molecule has 27 heavy (non-hydrogen) atoms. The summed E-state index contributed by atoms with van der Waals surface area (Å²) in [6.45, 7) is 15.9. The van der Waals surface area contributed by atoms with Gasteiger partial charge in [0.05, 0.1) is 0 Å². The Morgan fingerprint density at radius 2 is 1.96 bits per heavy atom. The topological polar surface area (TPSA) is 66.3 Å². The predicted molar refractivity (Wildman–Crippen MR) is 115 cm³/mol. The Balaban J connectivity index is 4.25. The van der Waals surface area contributed by atoms with Crippen LogP contribution in [-0.2, 0) is 4.74 Å². The van der Waals surface area contributed by atoms with Gasteiger partial charge >= 0.3 is 6.09 Å². The van der Waals surface area contributed by atoms with Crippen molar-refractivity contribution in [2.45, 2.75) is 59.0 Å². The number of amidine groups is 1. The van der Waals surface area contributed by atoms with Crippen LogP contribution in [-0.4, -0.2) is 49.9 Å². The molecule has 0 spiro atoms. The van der Waals surface area contributed by atoms with Gasteiger partial charge in [0.1, 0.15) is 11.4 Å². The third-order valence-corrected chi connectivity index (χ3v) is 3.75. The van der Waals surface area contributed by atoms with Crippen molar-refractivity contribution in [1.29, 1.82) is 0 Å². The van der Waals surface area contributed by atoms with E-state index in [1.165, 1.54) is 5.57 Å². The number of carbonyl (C=O) groups excluding carboxylic acids is 1. The maximum atomic E-state index is 11.6. The molecule has 0 aliphatic rings. The van der Waals surface area contributed by atoms with Gasteiger partial charge < -0.3 is 10.1 Å². The Hall–Kier alpha value is -2.37. The van der Waals surface area contributed by atoms with Crippen molar-refractivity contribution in [3.63, 3.8) is 0 Å². The van der Waals surface area contributed by atoms with Crippen LogP contribution < -0.4 is 5.32 Å². The van der Waals surface area contributed by atoms with Crippen molar-refractivity contribution < 1.29 is 9.53 Å². The molecular formula is C21H36N4O2. The van der Waals surface area contributed by atoms with Gasteiger partial charge in [0.25, 0.3) is 0 Å². The fourth-order valence-corrected chi connectivity index (χ4v) is 2.31. The quantitative estimate of drug-likeness (QED) is 0.197. The monoisotopic (exact) mass is 376 g/mol. The average molecular weight is 377 g/mol. The highest BCUT2D eigenvalue weighted by atomic mass is 16.6. The molecule has 0 bridgehead atoms. The van der Waals surface area contributed by atoms with Gasteiger partial charge in [-0.15, -0.1) is 0 Å². The number of carbonyl (C=O) groups is 1. The van der Waals surface area contributed by atoms with Crippen LogP contribution >= 0.6 is 0 Å². The average Bonchev–Trinajstić information content (AvgIpc) is 2.59. The molecule has 6 heteroatoms. The second kappa shape index (κ2) is 12.9. The van der Waals surface area contributed by atoms with Gasteiger partial charge in [0.2, 0.25) is 0 Å². The molecule has 0 aromatic rings. The Labute approximate surface area is 164 Å². The third-order valence-electron chi connectivity index (χ3n) is 3.75. The summed E-state index contributed by atoms with van der Waals surface area (Å²) in [6.07, 6.45) is 9.23. The minimum Gasteiger partial charge on any atom is -0.444 e.